The van der Waals surface area contributed by atoms with E-state index >= 15 is 0 Å². The van der Waals surface area contributed by atoms with Crippen molar-refractivity contribution in [2.45, 2.75) is 42.5 Å². The van der Waals surface area contributed by atoms with Crippen LogP contribution >= 0.6 is 44.6 Å². The van der Waals surface area contributed by atoms with Crippen molar-refractivity contribution in [1.29, 1.82) is 0 Å². The second kappa shape index (κ2) is 37.7. The molecule has 0 unspecified atom stereocenters. The monoisotopic (exact) mass is 440 g/mol. The van der Waals surface area contributed by atoms with Gasteiger partial charge in [0.05, 0.1) is 7.11 Å². The Labute approximate surface area is 159 Å². The van der Waals surface area contributed by atoms with Crippen LogP contribution in [0.2, 0.25) is 0 Å². The van der Waals surface area contributed by atoms with Gasteiger partial charge >= 0.3 is 5.97 Å². The number of esters is 1. The highest BCUT2D eigenvalue weighted by molar-refractivity contribution is 8.26. The summed E-state index contributed by atoms with van der Waals surface area (Å²) in [6, 6.07) is 0. The van der Waals surface area contributed by atoms with Gasteiger partial charge in [-0.25, -0.2) is 4.21 Å². The average Bonchev–Trinajstić information content (AvgIpc) is 2.13. The molecular formula is C11H24Cl4O7S. The zero-order valence-electron chi connectivity index (χ0n) is 11.8. The lowest BCUT2D eigenvalue weighted by Crippen LogP contribution is -1.88. The van der Waals surface area contributed by atoms with E-state index < -0.39 is 15.2 Å². The van der Waals surface area contributed by atoms with Gasteiger partial charge in [-0.05, 0) is 23.2 Å². The van der Waals surface area contributed by atoms with Crippen LogP contribution in [-0.4, -0.2) is 38.8 Å². The number of ether oxygens (including phenoxy) is 1. The molecule has 0 saturated heterocycles. The van der Waals surface area contributed by atoms with E-state index in [1.165, 1.54) is 27.9 Å². The molecule has 0 aromatic rings. The van der Waals surface area contributed by atoms with Gasteiger partial charge in [-0.3, -0.25) is 19.2 Å². The van der Waals surface area contributed by atoms with Gasteiger partial charge in [-0.15, -0.1) is 0 Å². The molecule has 0 aliphatic carbocycles. The highest BCUT2D eigenvalue weighted by Crippen LogP contribution is 1.89. The van der Waals surface area contributed by atoms with Crippen LogP contribution < -0.4 is 0 Å². The van der Waals surface area contributed by atoms with Crippen molar-refractivity contribution in [2.75, 3.05) is 7.11 Å². The molecule has 0 radical (unpaired) electrons. The second-order valence-electron chi connectivity index (χ2n) is 2.34. The number of aliphatic carboxylic acids is 1. The van der Waals surface area contributed by atoms with Gasteiger partial charge in [-0.2, -0.15) is 0 Å². The lowest BCUT2D eigenvalue weighted by atomic mass is 10.8. The highest BCUT2D eigenvalue weighted by Gasteiger charge is 1.75. The SMILES string of the molecule is C.C.CC(=O)Cl.CC(=O)Cl.CC(=O)O.COC(C)=O.O=S(Cl)Cl. The maximum Gasteiger partial charge on any atom is 0.302 e. The summed E-state index contributed by atoms with van der Waals surface area (Å²) in [5.74, 6) is -1.08. The molecule has 23 heavy (non-hydrogen) atoms. The number of rotatable bonds is 0. The summed E-state index contributed by atoms with van der Waals surface area (Å²) in [6.07, 6.45) is 0. The van der Waals surface area contributed by atoms with Crippen molar-refractivity contribution in [3.05, 3.63) is 0 Å². The predicted molar refractivity (Wildman–Crippen MR) is 97.4 cm³/mol. The van der Waals surface area contributed by atoms with E-state index in [0.29, 0.717) is 0 Å². The number of methoxy groups -OCH3 is 1. The fourth-order valence-electron chi connectivity index (χ4n) is 0. The summed E-state index contributed by atoms with van der Waals surface area (Å²) in [4.78, 5) is 37.0. The largest absolute Gasteiger partial charge is 0.481 e. The fraction of sp³-hybridized carbons (Fsp3) is 0.636. The third-order valence-electron chi connectivity index (χ3n) is 0.287. The third-order valence-corrected chi connectivity index (χ3v) is 0.287. The van der Waals surface area contributed by atoms with E-state index in [9.17, 15) is 14.4 Å². The van der Waals surface area contributed by atoms with Crippen LogP contribution in [0.1, 0.15) is 42.5 Å². The smallest absolute Gasteiger partial charge is 0.302 e. The van der Waals surface area contributed by atoms with Gasteiger partial charge in [0.25, 0.3) is 5.97 Å². The molecule has 0 heterocycles. The summed E-state index contributed by atoms with van der Waals surface area (Å²) < 4.78 is 13.2. The Hall–Kier alpha value is -0.410. The standard InChI is InChI=1S/C3H6O2.2C2H3ClO.C2H4O2.2CH4.Cl2OS/c1-3(4)5-2;3*1-2(3)4;;;1-4(2)3/h1-2H3;2*1H3;1H3,(H,3,4);2*1H4;. The van der Waals surface area contributed by atoms with Crippen molar-refractivity contribution in [2.24, 2.45) is 0 Å². The number of halogens is 4. The molecule has 0 aromatic carbocycles. The Bertz CT molecular complexity index is 261. The van der Waals surface area contributed by atoms with Crippen LogP contribution in [0, 0.1) is 0 Å². The summed E-state index contributed by atoms with van der Waals surface area (Å²) in [6.45, 7) is 5.03. The molecule has 7 nitrogen and oxygen atoms in total. The van der Waals surface area contributed by atoms with Gasteiger partial charge in [0.15, 0.2) is 0 Å². The molecule has 0 aromatic heterocycles. The van der Waals surface area contributed by atoms with Crippen molar-refractivity contribution in [3.63, 3.8) is 0 Å². The Morgan fingerprint density at radius 1 is 0.870 bits per heavy atom. The van der Waals surface area contributed by atoms with E-state index in [2.05, 4.69) is 49.3 Å². The molecule has 12 heteroatoms. The predicted octanol–water partition coefficient (Wildman–Crippen LogP) is 4.13. The van der Waals surface area contributed by atoms with Gasteiger partial charge in [0, 0.05) is 49.1 Å². The minimum atomic E-state index is -1.67. The van der Waals surface area contributed by atoms with Crippen molar-refractivity contribution < 1.29 is 33.2 Å². The molecule has 0 atom stereocenters. The first-order valence-corrected chi connectivity index (χ1v) is 8.06. The van der Waals surface area contributed by atoms with E-state index in [1.54, 1.807) is 0 Å². The lowest BCUT2D eigenvalue weighted by molar-refractivity contribution is -0.138. The normalized spacial score (nSPS) is 6.35. The number of hydrogen-bond donors (Lipinski definition) is 1. The Morgan fingerprint density at radius 3 is 0.913 bits per heavy atom. The highest BCUT2D eigenvalue weighted by atomic mass is 36.0. The Kier molecular flexibility index (Phi) is 70.9. The number of carbonyl (C=O) groups is 4. The minimum absolute atomic E-state index is 0. The van der Waals surface area contributed by atoms with Crippen molar-refractivity contribution in [1.82, 2.24) is 0 Å². The zero-order chi connectivity index (χ0) is 18.6. The van der Waals surface area contributed by atoms with E-state index in [0.717, 1.165) is 6.92 Å². The summed E-state index contributed by atoms with van der Waals surface area (Å²) >= 11 is 9.27. The third kappa shape index (κ3) is 3280. The number of carbonyl (C=O) groups excluding carboxylic acids is 3. The van der Waals surface area contributed by atoms with E-state index in [4.69, 9.17) is 14.1 Å². The molecule has 0 amide bonds. The number of carboxylic acids is 1. The van der Waals surface area contributed by atoms with E-state index in [1.807, 2.05) is 0 Å². The molecule has 0 bridgehead atoms. The quantitative estimate of drug-likeness (QED) is 0.443. The molecule has 0 aliphatic heterocycles. The van der Waals surface area contributed by atoms with Crippen LogP contribution in [0.4, 0.5) is 0 Å². The van der Waals surface area contributed by atoms with Crippen LogP contribution in [0.3, 0.4) is 0 Å². The Balaban J connectivity index is -0.0000000273. The van der Waals surface area contributed by atoms with Crippen LogP contribution in [-0.2, 0) is 33.1 Å². The summed E-state index contributed by atoms with van der Waals surface area (Å²) in [5.41, 5.74) is 0. The van der Waals surface area contributed by atoms with Gasteiger partial charge in [0.1, 0.15) is 0 Å². The second-order valence-corrected chi connectivity index (χ2v) is 5.93. The molecule has 144 valence electrons. The average molecular weight is 442 g/mol. The zero-order valence-corrected chi connectivity index (χ0v) is 15.7. The number of hydrogen-bond acceptors (Lipinski definition) is 6. The first-order valence-electron chi connectivity index (χ1n) is 4.51. The topological polar surface area (TPSA) is 115 Å². The van der Waals surface area contributed by atoms with E-state index in [-0.39, 0.29) is 31.3 Å². The maximum absolute atomic E-state index is 9.59. The van der Waals surface area contributed by atoms with Crippen LogP contribution in [0.15, 0.2) is 0 Å². The van der Waals surface area contributed by atoms with Gasteiger partial charge in [-0.1, -0.05) is 14.9 Å². The summed E-state index contributed by atoms with van der Waals surface area (Å²) in [7, 11) is 8.71. The lowest BCUT2D eigenvalue weighted by Gasteiger charge is -1.80. The van der Waals surface area contributed by atoms with Gasteiger partial charge in [0.2, 0.25) is 19.7 Å². The van der Waals surface area contributed by atoms with Gasteiger partial charge < -0.3 is 9.84 Å². The first kappa shape index (κ1) is 43.3. The first-order chi connectivity index (χ1) is 9.20. The number of carboxylic acid groups (broad SMARTS) is 1. The van der Waals surface area contributed by atoms with Crippen LogP contribution in [0.5, 0.6) is 0 Å². The molecule has 0 saturated carbocycles. The molecule has 0 fully saturated rings. The fourth-order valence-corrected chi connectivity index (χ4v) is 0. The molecule has 0 rings (SSSR count). The molecular weight excluding hydrogens is 418 g/mol. The minimum Gasteiger partial charge on any atom is -0.481 e. The molecule has 0 spiro atoms. The maximum atomic E-state index is 9.59. The van der Waals surface area contributed by atoms with Crippen molar-refractivity contribution in [3.8, 4) is 0 Å². The van der Waals surface area contributed by atoms with Crippen LogP contribution in [0.25, 0.3) is 0 Å². The summed E-state index contributed by atoms with van der Waals surface area (Å²) in [5, 5.41) is 6.69. The van der Waals surface area contributed by atoms with Crippen molar-refractivity contribution >= 4 is 76.2 Å². The Morgan fingerprint density at radius 2 is 0.913 bits per heavy atom. The molecule has 1 N–H and O–H groups in total. The molecule has 0 aliphatic rings.